The Hall–Kier alpha value is -0.220. The standard InChI is InChI=1S/C8H16N2OS/c1-10(2,3)8(5-4-6-8)7(11)9-12/h4-6H2,1-3H3,(H-,9,11,12)/p+1. The van der Waals surface area contributed by atoms with Crippen molar-refractivity contribution in [1.29, 1.82) is 0 Å². The fourth-order valence-electron chi connectivity index (χ4n) is 1.82. The van der Waals surface area contributed by atoms with Gasteiger partial charge in [-0.05, 0) is 6.42 Å². The fraction of sp³-hybridized carbons (Fsp3) is 0.875. The van der Waals surface area contributed by atoms with Crippen LogP contribution in [-0.4, -0.2) is 37.1 Å². The highest BCUT2D eigenvalue weighted by Gasteiger charge is 2.54. The second-order valence-corrected chi connectivity index (χ2v) is 4.56. The Morgan fingerprint density at radius 1 is 1.42 bits per heavy atom. The third kappa shape index (κ3) is 1.23. The van der Waals surface area contributed by atoms with Crippen molar-refractivity contribution >= 4 is 18.7 Å². The largest absolute Gasteiger partial charge is 0.318 e. The van der Waals surface area contributed by atoms with Gasteiger partial charge < -0.3 is 4.48 Å². The Balaban J connectivity index is 2.83. The number of rotatable bonds is 2. The molecule has 0 heterocycles. The summed E-state index contributed by atoms with van der Waals surface area (Å²) < 4.78 is 3.15. The summed E-state index contributed by atoms with van der Waals surface area (Å²) in [6, 6.07) is 0. The number of nitrogens with zero attached hydrogens (tertiary/aromatic N) is 1. The van der Waals surface area contributed by atoms with Gasteiger partial charge in [-0.15, -0.1) is 0 Å². The molecule has 1 aliphatic rings. The number of quaternary nitrogens is 1. The van der Waals surface area contributed by atoms with Crippen LogP contribution in [-0.2, 0) is 4.79 Å². The van der Waals surface area contributed by atoms with Gasteiger partial charge in [0.1, 0.15) is 0 Å². The monoisotopic (exact) mass is 189 g/mol. The number of amides is 1. The molecule has 0 aromatic heterocycles. The van der Waals surface area contributed by atoms with Gasteiger partial charge in [-0.2, -0.15) is 0 Å². The topological polar surface area (TPSA) is 29.1 Å². The SMILES string of the molecule is C[N+](C)(C)C1(C(=O)NS)CCC1. The highest BCUT2D eigenvalue weighted by Crippen LogP contribution is 2.39. The lowest BCUT2D eigenvalue weighted by molar-refractivity contribution is -0.919. The van der Waals surface area contributed by atoms with Crippen LogP contribution < -0.4 is 4.72 Å². The zero-order valence-electron chi connectivity index (χ0n) is 7.92. The molecule has 0 aromatic rings. The van der Waals surface area contributed by atoms with Crippen LogP contribution in [0.3, 0.4) is 0 Å². The molecule has 1 amide bonds. The van der Waals surface area contributed by atoms with E-state index in [9.17, 15) is 4.79 Å². The van der Waals surface area contributed by atoms with E-state index < -0.39 is 0 Å². The van der Waals surface area contributed by atoms with E-state index in [0.29, 0.717) is 4.48 Å². The van der Waals surface area contributed by atoms with Crippen molar-refractivity contribution in [3.63, 3.8) is 0 Å². The summed E-state index contributed by atoms with van der Waals surface area (Å²) in [5, 5.41) is 0. The van der Waals surface area contributed by atoms with E-state index in [1.54, 1.807) is 0 Å². The third-order valence-electron chi connectivity index (χ3n) is 2.99. The quantitative estimate of drug-likeness (QED) is 0.483. The number of hydrogen-bond acceptors (Lipinski definition) is 2. The highest BCUT2D eigenvalue weighted by atomic mass is 32.1. The van der Waals surface area contributed by atoms with Crippen LogP contribution in [0.5, 0.6) is 0 Å². The zero-order chi connectivity index (χ0) is 9.41. The first-order valence-electron chi connectivity index (χ1n) is 4.20. The maximum Gasteiger partial charge on any atom is 0.291 e. The van der Waals surface area contributed by atoms with E-state index in [1.807, 2.05) is 0 Å². The van der Waals surface area contributed by atoms with Crippen molar-refractivity contribution in [3.05, 3.63) is 0 Å². The number of hydrogen-bond donors (Lipinski definition) is 2. The van der Waals surface area contributed by atoms with Crippen LogP contribution in [0.2, 0.25) is 0 Å². The molecule has 12 heavy (non-hydrogen) atoms. The van der Waals surface area contributed by atoms with Gasteiger partial charge >= 0.3 is 0 Å². The maximum absolute atomic E-state index is 11.6. The minimum atomic E-state index is -0.220. The van der Waals surface area contributed by atoms with E-state index in [4.69, 9.17) is 0 Å². The van der Waals surface area contributed by atoms with Crippen molar-refractivity contribution in [2.75, 3.05) is 21.1 Å². The predicted octanol–water partition coefficient (Wildman–Crippen LogP) is 0.576. The van der Waals surface area contributed by atoms with Gasteiger partial charge in [-0.3, -0.25) is 9.52 Å². The van der Waals surface area contributed by atoms with Crippen LogP contribution in [0.25, 0.3) is 0 Å². The van der Waals surface area contributed by atoms with Crippen molar-refractivity contribution in [2.24, 2.45) is 0 Å². The summed E-state index contributed by atoms with van der Waals surface area (Å²) in [6.45, 7) is 0. The Morgan fingerprint density at radius 2 is 1.92 bits per heavy atom. The number of nitrogens with one attached hydrogen (secondary N) is 1. The van der Waals surface area contributed by atoms with Crippen LogP contribution >= 0.6 is 12.8 Å². The van der Waals surface area contributed by atoms with Gasteiger partial charge in [0, 0.05) is 12.8 Å². The molecule has 3 nitrogen and oxygen atoms in total. The van der Waals surface area contributed by atoms with Crippen LogP contribution in [0, 0.1) is 0 Å². The van der Waals surface area contributed by atoms with Gasteiger partial charge in [0.15, 0.2) is 5.54 Å². The van der Waals surface area contributed by atoms with Gasteiger partial charge in [0.25, 0.3) is 5.91 Å². The molecule has 1 saturated carbocycles. The molecule has 1 aliphatic carbocycles. The van der Waals surface area contributed by atoms with Gasteiger partial charge in [0.05, 0.1) is 21.1 Å². The molecule has 0 atom stereocenters. The molecule has 0 aliphatic heterocycles. The fourth-order valence-corrected chi connectivity index (χ4v) is 2.03. The van der Waals surface area contributed by atoms with Crippen molar-refractivity contribution < 1.29 is 9.28 Å². The summed E-state index contributed by atoms with van der Waals surface area (Å²) >= 11 is 3.82. The van der Waals surface area contributed by atoms with Crippen molar-refractivity contribution in [3.8, 4) is 0 Å². The average Bonchev–Trinajstić information content (AvgIpc) is 1.81. The molecule has 0 aromatic carbocycles. The second-order valence-electron chi connectivity index (χ2n) is 4.34. The third-order valence-corrected chi connectivity index (χ3v) is 3.19. The van der Waals surface area contributed by atoms with Crippen molar-refractivity contribution in [1.82, 2.24) is 4.72 Å². The highest BCUT2D eigenvalue weighted by molar-refractivity contribution is 7.78. The Kier molecular flexibility index (Phi) is 2.40. The van der Waals surface area contributed by atoms with E-state index in [2.05, 4.69) is 38.7 Å². The Labute approximate surface area is 79.3 Å². The zero-order valence-corrected chi connectivity index (χ0v) is 8.82. The van der Waals surface area contributed by atoms with E-state index in [0.717, 1.165) is 19.3 Å². The molecule has 1 fully saturated rings. The minimum Gasteiger partial charge on any atom is -0.318 e. The predicted molar refractivity (Wildman–Crippen MR) is 51.7 cm³/mol. The molecule has 1 rings (SSSR count). The van der Waals surface area contributed by atoms with Gasteiger partial charge in [0.2, 0.25) is 0 Å². The summed E-state index contributed by atoms with van der Waals surface area (Å²) in [5.41, 5.74) is -0.220. The molecule has 0 unspecified atom stereocenters. The lowest BCUT2D eigenvalue weighted by Gasteiger charge is -2.49. The number of carbonyl (C=O) groups excluding carboxylic acids is 1. The first-order valence-corrected chi connectivity index (χ1v) is 4.65. The van der Waals surface area contributed by atoms with E-state index in [-0.39, 0.29) is 11.4 Å². The normalized spacial score (nSPS) is 21.3. The van der Waals surface area contributed by atoms with Crippen LogP contribution in [0.1, 0.15) is 19.3 Å². The molecule has 1 N–H and O–H groups in total. The summed E-state index contributed by atoms with van der Waals surface area (Å²) in [5.74, 6) is 0.0598. The molecule has 0 saturated heterocycles. The van der Waals surface area contributed by atoms with E-state index in [1.165, 1.54) is 0 Å². The second kappa shape index (κ2) is 2.92. The van der Waals surface area contributed by atoms with Crippen LogP contribution in [0.4, 0.5) is 0 Å². The number of carbonyl (C=O) groups is 1. The molecule has 70 valence electrons. The molecule has 0 bridgehead atoms. The van der Waals surface area contributed by atoms with Gasteiger partial charge in [-0.25, -0.2) is 0 Å². The van der Waals surface area contributed by atoms with Crippen LogP contribution in [0.15, 0.2) is 0 Å². The summed E-state index contributed by atoms with van der Waals surface area (Å²) in [4.78, 5) is 11.6. The number of likely N-dealkylation sites (N-methyl/N-ethyl adjacent to an activating group) is 1. The summed E-state index contributed by atoms with van der Waals surface area (Å²) in [7, 11) is 6.17. The molecule has 4 heteroatoms. The minimum absolute atomic E-state index is 0.0598. The maximum atomic E-state index is 11.6. The lowest BCUT2D eigenvalue weighted by Crippen LogP contribution is -2.67. The van der Waals surface area contributed by atoms with E-state index >= 15 is 0 Å². The Morgan fingerprint density at radius 3 is 2.00 bits per heavy atom. The smallest absolute Gasteiger partial charge is 0.291 e. The first-order chi connectivity index (χ1) is 5.44. The van der Waals surface area contributed by atoms with Crippen molar-refractivity contribution in [2.45, 2.75) is 24.8 Å². The molecule has 0 spiro atoms. The van der Waals surface area contributed by atoms with Gasteiger partial charge in [-0.1, -0.05) is 12.8 Å². The lowest BCUT2D eigenvalue weighted by atomic mass is 9.73. The Bertz CT molecular complexity index is 194. The summed E-state index contributed by atoms with van der Waals surface area (Å²) in [6.07, 6.45) is 3.10. The average molecular weight is 189 g/mol. The molecule has 0 radical (unpaired) electrons. The molecular weight excluding hydrogens is 172 g/mol. The number of thiol groups is 1. The first kappa shape index (κ1) is 9.86. The molecular formula is C8H17N2OS+.